The maximum Gasteiger partial charge on any atom is 0.253 e. The summed E-state index contributed by atoms with van der Waals surface area (Å²) < 4.78 is 13.7. The highest BCUT2D eigenvalue weighted by molar-refractivity contribution is 5.94. The Morgan fingerprint density at radius 1 is 1.06 bits per heavy atom. The van der Waals surface area contributed by atoms with Crippen LogP contribution in [0.2, 0.25) is 0 Å². The normalized spacial score (nSPS) is 10.0. The first-order chi connectivity index (χ1) is 8.22. The minimum atomic E-state index is -0.509. The van der Waals surface area contributed by atoms with Gasteiger partial charge in [0, 0.05) is 7.05 Å². The van der Waals surface area contributed by atoms with Crippen molar-refractivity contribution in [2.24, 2.45) is 0 Å². The topological polar surface area (TPSA) is 29.1 Å². The first-order valence-corrected chi connectivity index (χ1v) is 5.29. The predicted octanol–water partition coefficient (Wildman–Crippen LogP) is 2.85. The molecule has 0 saturated carbocycles. The molecular formula is C14H12FNO. The van der Waals surface area contributed by atoms with Crippen molar-refractivity contribution >= 4 is 5.91 Å². The Kier molecular flexibility index (Phi) is 3.19. The number of rotatable bonds is 2. The van der Waals surface area contributed by atoms with Crippen molar-refractivity contribution in [1.29, 1.82) is 0 Å². The monoisotopic (exact) mass is 229 g/mol. The molecule has 0 bridgehead atoms. The molecule has 0 spiro atoms. The van der Waals surface area contributed by atoms with Gasteiger partial charge >= 0.3 is 0 Å². The molecule has 0 radical (unpaired) electrons. The molecule has 1 amide bonds. The summed E-state index contributed by atoms with van der Waals surface area (Å²) in [7, 11) is 1.48. The van der Waals surface area contributed by atoms with E-state index in [0.717, 1.165) is 11.1 Å². The molecule has 0 unspecified atom stereocenters. The van der Waals surface area contributed by atoms with Crippen molar-refractivity contribution in [2.45, 2.75) is 0 Å². The average molecular weight is 229 g/mol. The van der Waals surface area contributed by atoms with Gasteiger partial charge in [-0.1, -0.05) is 36.4 Å². The highest BCUT2D eigenvalue weighted by Gasteiger charge is 2.10. The molecule has 0 aliphatic rings. The van der Waals surface area contributed by atoms with Gasteiger partial charge in [0.1, 0.15) is 5.82 Å². The second-order valence-corrected chi connectivity index (χ2v) is 3.64. The minimum Gasteiger partial charge on any atom is -0.355 e. The van der Waals surface area contributed by atoms with E-state index in [9.17, 15) is 9.18 Å². The molecule has 0 aromatic heterocycles. The van der Waals surface area contributed by atoms with Crippen molar-refractivity contribution in [3.05, 3.63) is 59.9 Å². The Morgan fingerprint density at radius 3 is 2.35 bits per heavy atom. The van der Waals surface area contributed by atoms with Crippen LogP contribution in [0.3, 0.4) is 0 Å². The molecule has 3 heteroatoms. The van der Waals surface area contributed by atoms with E-state index in [1.165, 1.54) is 19.2 Å². The van der Waals surface area contributed by atoms with Gasteiger partial charge in [-0.2, -0.15) is 0 Å². The fourth-order valence-corrected chi connectivity index (χ4v) is 1.64. The molecule has 1 N–H and O–H groups in total. The van der Waals surface area contributed by atoms with Gasteiger partial charge in [-0.15, -0.1) is 0 Å². The van der Waals surface area contributed by atoms with E-state index in [0.29, 0.717) is 0 Å². The van der Waals surface area contributed by atoms with Crippen molar-refractivity contribution in [1.82, 2.24) is 5.32 Å². The van der Waals surface area contributed by atoms with Crippen molar-refractivity contribution in [2.75, 3.05) is 7.05 Å². The van der Waals surface area contributed by atoms with E-state index in [4.69, 9.17) is 0 Å². The largest absolute Gasteiger partial charge is 0.355 e. The van der Waals surface area contributed by atoms with Gasteiger partial charge in [0.25, 0.3) is 5.91 Å². The van der Waals surface area contributed by atoms with E-state index in [1.807, 2.05) is 30.3 Å². The van der Waals surface area contributed by atoms with Gasteiger partial charge < -0.3 is 5.32 Å². The summed E-state index contributed by atoms with van der Waals surface area (Å²) >= 11 is 0. The maximum atomic E-state index is 13.7. The van der Waals surface area contributed by atoms with Crippen LogP contribution in [-0.2, 0) is 0 Å². The fraction of sp³-hybridized carbons (Fsp3) is 0.0714. The summed E-state index contributed by atoms with van der Waals surface area (Å²) in [5.41, 5.74) is 1.75. The molecule has 2 aromatic carbocycles. The lowest BCUT2D eigenvalue weighted by molar-refractivity contribution is 0.0959. The number of hydrogen-bond donors (Lipinski definition) is 1. The molecule has 0 heterocycles. The zero-order valence-electron chi connectivity index (χ0n) is 9.41. The number of hydrogen-bond acceptors (Lipinski definition) is 1. The van der Waals surface area contributed by atoms with Crippen LogP contribution in [0.4, 0.5) is 4.39 Å². The molecule has 86 valence electrons. The van der Waals surface area contributed by atoms with E-state index in [-0.39, 0.29) is 5.56 Å². The number of carbonyl (C=O) groups is 1. The van der Waals surface area contributed by atoms with Crippen LogP contribution in [0.15, 0.2) is 48.5 Å². The minimum absolute atomic E-state index is 0.0622. The van der Waals surface area contributed by atoms with Crippen molar-refractivity contribution in [3.8, 4) is 11.1 Å². The van der Waals surface area contributed by atoms with Crippen LogP contribution in [0, 0.1) is 5.82 Å². The van der Waals surface area contributed by atoms with Gasteiger partial charge in [-0.3, -0.25) is 4.79 Å². The van der Waals surface area contributed by atoms with Crippen LogP contribution in [0.25, 0.3) is 11.1 Å². The zero-order valence-corrected chi connectivity index (χ0v) is 9.41. The van der Waals surface area contributed by atoms with Gasteiger partial charge in [-0.25, -0.2) is 4.39 Å². The number of amides is 1. The van der Waals surface area contributed by atoms with Gasteiger partial charge in [0.2, 0.25) is 0 Å². The Balaban J connectivity index is 2.41. The fourth-order valence-electron chi connectivity index (χ4n) is 1.64. The average Bonchev–Trinajstić information content (AvgIpc) is 2.39. The molecule has 0 aliphatic heterocycles. The first-order valence-electron chi connectivity index (χ1n) is 5.29. The summed E-state index contributed by atoms with van der Waals surface area (Å²) in [6.45, 7) is 0. The number of carbonyl (C=O) groups excluding carboxylic acids is 1. The smallest absolute Gasteiger partial charge is 0.253 e. The highest BCUT2D eigenvalue weighted by Crippen LogP contribution is 2.21. The summed E-state index contributed by atoms with van der Waals surface area (Å²) in [4.78, 5) is 11.3. The number of halogens is 1. The van der Waals surface area contributed by atoms with E-state index < -0.39 is 11.7 Å². The molecule has 0 fully saturated rings. The number of nitrogens with one attached hydrogen (secondary N) is 1. The van der Waals surface area contributed by atoms with Crippen LogP contribution < -0.4 is 5.32 Å². The van der Waals surface area contributed by atoms with Crippen LogP contribution >= 0.6 is 0 Å². The molecule has 2 aromatic rings. The van der Waals surface area contributed by atoms with E-state index in [1.54, 1.807) is 6.07 Å². The van der Waals surface area contributed by atoms with Gasteiger partial charge in [0.15, 0.2) is 0 Å². The second kappa shape index (κ2) is 4.78. The molecule has 0 saturated heterocycles. The summed E-state index contributed by atoms with van der Waals surface area (Å²) in [5.74, 6) is -0.923. The quantitative estimate of drug-likeness (QED) is 0.842. The second-order valence-electron chi connectivity index (χ2n) is 3.64. The standard InChI is InChI=1S/C14H12FNO/c1-16-14(17)12-8-7-11(9-13(12)15)10-5-3-2-4-6-10/h2-9H,1H3,(H,16,17). The van der Waals surface area contributed by atoms with Crippen LogP contribution in [0.5, 0.6) is 0 Å². The first kappa shape index (κ1) is 11.3. The SMILES string of the molecule is CNC(=O)c1ccc(-c2ccccc2)cc1F. The summed E-state index contributed by atoms with van der Waals surface area (Å²) in [5, 5.41) is 2.40. The molecular weight excluding hydrogens is 217 g/mol. The molecule has 2 rings (SSSR count). The van der Waals surface area contributed by atoms with Crippen LogP contribution in [0.1, 0.15) is 10.4 Å². The van der Waals surface area contributed by atoms with Crippen molar-refractivity contribution < 1.29 is 9.18 Å². The molecule has 2 nitrogen and oxygen atoms in total. The highest BCUT2D eigenvalue weighted by atomic mass is 19.1. The third-order valence-electron chi connectivity index (χ3n) is 2.55. The third-order valence-corrected chi connectivity index (χ3v) is 2.55. The lowest BCUT2D eigenvalue weighted by Crippen LogP contribution is -2.19. The third kappa shape index (κ3) is 2.33. The Hall–Kier alpha value is -2.16. The molecule has 17 heavy (non-hydrogen) atoms. The molecule has 0 aliphatic carbocycles. The molecule has 0 atom stereocenters. The maximum absolute atomic E-state index is 13.7. The predicted molar refractivity (Wildman–Crippen MR) is 65.2 cm³/mol. The summed E-state index contributed by atoms with van der Waals surface area (Å²) in [6.07, 6.45) is 0. The lowest BCUT2D eigenvalue weighted by Gasteiger charge is -2.05. The Bertz CT molecular complexity index is 537. The van der Waals surface area contributed by atoms with E-state index in [2.05, 4.69) is 5.32 Å². The number of benzene rings is 2. The van der Waals surface area contributed by atoms with Gasteiger partial charge in [0.05, 0.1) is 5.56 Å². The Morgan fingerprint density at radius 2 is 1.76 bits per heavy atom. The summed E-state index contributed by atoms with van der Waals surface area (Å²) in [6, 6.07) is 14.1. The van der Waals surface area contributed by atoms with E-state index >= 15 is 0 Å². The van der Waals surface area contributed by atoms with Gasteiger partial charge in [-0.05, 0) is 23.3 Å². The van der Waals surface area contributed by atoms with Crippen molar-refractivity contribution in [3.63, 3.8) is 0 Å². The lowest BCUT2D eigenvalue weighted by atomic mass is 10.0. The van der Waals surface area contributed by atoms with Crippen LogP contribution in [-0.4, -0.2) is 13.0 Å². The Labute approximate surface area is 99.1 Å². The zero-order chi connectivity index (χ0) is 12.3.